The monoisotopic (exact) mass is 381 g/mol. The normalized spacial score (nSPS) is 12.6. The highest BCUT2D eigenvalue weighted by Gasteiger charge is 2.29. The molecule has 3 N–H and O–H groups in total. The second-order valence-corrected chi connectivity index (χ2v) is 6.58. The van der Waals surface area contributed by atoms with E-state index in [2.05, 4.69) is 20.8 Å². The third kappa shape index (κ3) is 3.63. The number of nitrogens with zero attached hydrogens (tertiary/aromatic N) is 2. The molecule has 0 fully saturated rings. The molecule has 1 aliphatic rings. The second-order valence-electron chi connectivity index (χ2n) is 6.14. The number of nitrogens with one attached hydrogen (secondary N) is 3. The van der Waals surface area contributed by atoms with Crippen molar-refractivity contribution in [1.82, 2.24) is 15.1 Å². The largest absolute Gasteiger partial charge is 0.322 e. The van der Waals surface area contributed by atoms with Gasteiger partial charge in [-0.3, -0.25) is 9.89 Å². The van der Waals surface area contributed by atoms with Crippen molar-refractivity contribution in [1.29, 1.82) is 0 Å². The molecule has 136 valence electrons. The van der Waals surface area contributed by atoms with Crippen molar-refractivity contribution >= 4 is 35.0 Å². The molecule has 0 saturated heterocycles. The molecule has 8 heteroatoms. The summed E-state index contributed by atoms with van der Waals surface area (Å²) in [4.78, 5) is 26.5. The third-order valence-corrected chi connectivity index (χ3v) is 4.52. The number of halogens is 1. The summed E-state index contributed by atoms with van der Waals surface area (Å²) in [5.41, 5.74) is 2.71. The molecule has 1 aliphatic heterocycles. The second kappa shape index (κ2) is 7.13. The van der Waals surface area contributed by atoms with Gasteiger partial charge < -0.3 is 15.5 Å². The Bertz CT molecular complexity index is 1000. The lowest BCUT2D eigenvalue weighted by Gasteiger charge is -2.16. The molecule has 2 aromatic carbocycles. The molecule has 2 heterocycles. The Kier molecular flexibility index (Phi) is 4.52. The van der Waals surface area contributed by atoms with Gasteiger partial charge in [0.2, 0.25) is 0 Å². The van der Waals surface area contributed by atoms with Gasteiger partial charge in [0.15, 0.2) is 0 Å². The Labute approximate surface area is 160 Å². The van der Waals surface area contributed by atoms with E-state index >= 15 is 0 Å². The smallest absolute Gasteiger partial charge is 0.314 e. The van der Waals surface area contributed by atoms with Crippen LogP contribution in [0.3, 0.4) is 0 Å². The van der Waals surface area contributed by atoms with Crippen LogP contribution in [0, 0.1) is 0 Å². The number of amides is 3. The highest BCUT2D eigenvalue weighted by atomic mass is 35.5. The van der Waals surface area contributed by atoms with E-state index in [1.807, 2.05) is 30.3 Å². The van der Waals surface area contributed by atoms with Crippen LogP contribution in [0.2, 0.25) is 5.02 Å². The van der Waals surface area contributed by atoms with Crippen LogP contribution < -0.4 is 10.6 Å². The number of rotatable bonds is 3. The van der Waals surface area contributed by atoms with Gasteiger partial charge in [-0.1, -0.05) is 35.9 Å². The summed E-state index contributed by atoms with van der Waals surface area (Å²) in [7, 11) is 0. The molecule has 27 heavy (non-hydrogen) atoms. The van der Waals surface area contributed by atoms with E-state index in [1.54, 1.807) is 29.2 Å². The molecule has 0 spiro atoms. The molecular weight excluding hydrogens is 366 g/mol. The molecule has 0 atom stereocenters. The molecule has 7 nitrogen and oxygen atoms in total. The van der Waals surface area contributed by atoms with Gasteiger partial charge in [0.1, 0.15) is 5.82 Å². The first kappa shape index (κ1) is 17.1. The molecule has 0 unspecified atom stereocenters. The molecule has 3 aromatic rings. The van der Waals surface area contributed by atoms with E-state index in [4.69, 9.17) is 11.6 Å². The lowest BCUT2D eigenvalue weighted by Crippen LogP contribution is -2.30. The number of aromatic amines is 1. The van der Waals surface area contributed by atoms with Crippen molar-refractivity contribution in [2.45, 2.75) is 13.1 Å². The van der Waals surface area contributed by atoms with Crippen molar-refractivity contribution < 1.29 is 9.59 Å². The quantitative estimate of drug-likeness (QED) is 0.643. The zero-order chi connectivity index (χ0) is 18.8. The number of carbonyl (C=O) groups excluding carboxylic acids is 2. The number of H-pyrrole nitrogens is 1. The number of urea groups is 1. The lowest BCUT2D eigenvalue weighted by molar-refractivity contribution is 0.102. The summed E-state index contributed by atoms with van der Waals surface area (Å²) >= 11 is 5.93. The predicted molar refractivity (Wildman–Crippen MR) is 103 cm³/mol. The first-order valence-electron chi connectivity index (χ1n) is 8.34. The van der Waals surface area contributed by atoms with Crippen LogP contribution in [-0.2, 0) is 13.1 Å². The molecule has 0 radical (unpaired) electrons. The summed E-state index contributed by atoms with van der Waals surface area (Å²) in [5, 5.41) is 13.2. The maximum Gasteiger partial charge on any atom is 0.322 e. The first-order valence-corrected chi connectivity index (χ1v) is 8.72. The number of hydrogen-bond donors (Lipinski definition) is 3. The summed E-state index contributed by atoms with van der Waals surface area (Å²) < 4.78 is 0. The molecule has 0 bridgehead atoms. The topological polar surface area (TPSA) is 90.1 Å². The highest BCUT2D eigenvalue weighted by molar-refractivity contribution is 6.31. The van der Waals surface area contributed by atoms with E-state index in [1.165, 1.54) is 0 Å². The number of fused-ring (bicyclic) bond motifs is 1. The molecular formula is C19H16ClN5O2. The van der Waals surface area contributed by atoms with Crippen LogP contribution in [0.25, 0.3) is 0 Å². The minimum absolute atomic E-state index is 0.216. The Morgan fingerprint density at radius 1 is 1.04 bits per heavy atom. The molecule has 0 aliphatic carbocycles. The zero-order valence-corrected chi connectivity index (χ0v) is 15.0. The fraction of sp³-hybridized carbons (Fsp3) is 0.105. The van der Waals surface area contributed by atoms with E-state index in [0.717, 1.165) is 16.9 Å². The van der Waals surface area contributed by atoms with Crippen molar-refractivity contribution in [3.63, 3.8) is 0 Å². The van der Waals surface area contributed by atoms with Gasteiger partial charge in [-0.2, -0.15) is 5.10 Å². The van der Waals surface area contributed by atoms with Crippen molar-refractivity contribution in [2.24, 2.45) is 0 Å². The van der Waals surface area contributed by atoms with Crippen LogP contribution in [0.15, 0.2) is 54.6 Å². The van der Waals surface area contributed by atoms with Crippen molar-refractivity contribution in [3.05, 3.63) is 76.4 Å². The minimum Gasteiger partial charge on any atom is -0.314 e. The van der Waals surface area contributed by atoms with Gasteiger partial charge >= 0.3 is 6.03 Å². The van der Waals surface area contributed by atoms with Crippen LogP contribution >= 0.6 is 11.6 Å². The Morgan fingerprint density at radius 3 is 2.63 bits per heavy atom. The number of hydrogen-bond acceptors (Lipinski definition) is 3. The number of para-hydroxylation sites is 1. The fourth-order valence-electron chi connectivity index (χ4n) is 2.92. The van der Waals surface area contributed by atoms with Crippen LogP contribution in [0.4, 0.5) is 16.3 Å². The minimum atomic E-state index is -0.295. The van der Waals surface area contributed by atoms with E-state index < -0.39 is 0 Å². The fourth-order valence-corrected chi connectivity index (χ4v) is 3.11. The number of aromatic nitrogens is 2. The van der Waals surface area contributed by atoms with Gasteiger partial charge in [0, 0.05) is 21.8 Å². The summed E-state index contributed by atoms with van der Waals surface area (Å²) in [6.07, 6.45) is 0. The summed E-state index contributed by atoms with van der Waals surface area (Å²) in [6.45, 7) is 0.729. The average molecular weight is 382 g/mol. The van der Waals surface area contributed by atoms with E-state index in [-0.39, 0.29) is 11.9 Å². The lowest BCUT2D eigenvalue weighted by atomic mass is 10.2. The molecule has 1 aromatic heterocycles. The van der Waals surface area contributed by atoms with E-state index in [9.17, 15) is 9.59 Å². The van der Waals surface area contributed by atoms with Crippen molar-refractivity contribution in [2.75, 3.05) is 10.6 Å². The Morgan fingerprint density at radius 2 is 1.85 bits per heavy atom. The van der Waals surface area contributed by atoms with Crippen LogP contribution in [-0.4, -0.2) is 27.0 Å². The maximum absolute atomic E-state index is 12.4. The zero-order valence-electron chi connectivity index (χ0n) is 14.2. The molecule has 4 rings (SSSR count). The molecule has 0 saturated carbocycles. The van der Waals surface area contributed by atoms with Crippen molar-refractivity contribution in [3.8, 4) is 0 Å². The van der Waals surface area contributed by atoms with E-state index in [0.29, 0.717) is 29.5 Å². The first-order chi connectivity index (χ1) is 13.1. The maximum atomic E-state index is 12.4. The van der Waals surface area contributed by atoms with Crippen LogP contribution in [0.5, 0.6) is 0 Å². The Hall–Kier alpha value is -3.32. The number of anilines is 2. The van der Waals surface area contributed by atoms with Gasteiger partial charge in [-0.25, -0.2) is 4.79 Å². The average Bonchev–Trinajstić information content (AvgIpc) is 3.24. The SMILES string of the molecule is O=C(Nc1[nH]nc2c1CN(C(=O)Nc1ccccc1)C2)c1cccc(Cl)c1. The number of carbonyl (C=O) groups is 2. The van der Waals surface area contributed by atoms with Crippen LogP contribution in [0.1, 0.15) is 21.6 Å². The van der Waals surface area contributed by atoms with Gasteiger partial charge in [-0.05, 0) is 30.3 Å². The predicted octanol–water partition coefficient (Wildman–Crippen LogP) is 3.86. The van der Waals surface area contributed by atoms with Gasteiger partial charge in [0.25, 0.3) is 5.91 Å². The van der Waals surface area contributed by atoms with Gasteiger partial charge in [-0.15, -0.1) is 0 Å². The number of benzene rings is 2. The Balaban J connectivity index is 1.44. The molecule has 3 amide bonds. The highest BCUT2D eigenvalue weighted by Crippen LogP contribution is 2.28. The summed E-state index contributed by atoms with van der Waals surface area (Å²) in [5.74, 6) is 0.195. The van der Waals surface area contributed by atoms with Gasteiger partial charge in [0.05, 0.1) is 18.8 Å². The summed E-state index contributed by atoms with van der Waals surface area (Å²) in [6, 6.07) is 15.7. The third-order valence-electron chi connectivity index (χ3n) is 4.28. The standard InChI is InChI=1S/C19H16ClN5O2/c20-13-6-4-5-12(9-13)18(26)22-17-15-10-25(11-16(15)23-24-17)19(27)21-14-7-2-1-3-8-14/h1-9H,10-11H2,(H,21,27)(H2,22,23,24,26).